The molecule has 6 heteroatoms. The van der Waals surface area contributed by atoms with Crippen LogP contribution in [0, 0.1) is 20.8 Å². The zero-order valence-electron chi connectivity index (χ0n) is 14.8. The average Bonchev–Trinajstić information content (AvgIpc) is 2.46. The molecule has 0 aliphatic carbocycles. The summed E-state index contributed by atoms with van der Waals surface area (Å²) in [6, 6.07) is 4.00. The van der Waals surface area contributed by atoms with Gasteiger partial charge in [-0.3, -0.25) is 14.4 Å². The van der Waals surface area contributed by atoms with Gasteiger partial charge < -0.3 is 15.3 Å². The normalized spacial score (nSPS) is 10.3. The van der Waals surface area contributed by atoms with Gasteiger partial charge >= 0.3 is 5.97 Å². The second-order valence-electron chi connectivity index (χ2n) is 6.17. The number of hydrogen-bond donors (Lipinski definition) is 2. The van der Waals surface area contributed by atoms with Crippen LogP contribution in [0.4, 0.5) is 5.69 Å². The standard InChI is InChI=1S/C18H26N2O4/c1-12-9-13(2)18(14(3)10-12)19-15(21)11-20(4)16(22)7-5-6-8-17(23)24/h9-10H,5-8,11H2,1-4H3,(H,19,21)(H,23,24). The molecule has 0 unspecified atom stereocenters. The fourth-order valence-electron chi connectivity index (χ4n) is 2.60. The first kappa shape index (κ1) is 19.7. The lowest BCUT2D eigenvalue weighted by Gasteiger charge is -2.18. The van der Waals surface area contributed by atoms with Gasteiger partial charge in [-0.1, -0.05) is 17.7 Å². The fraction of sp³-hybridized carbons (Fsp3) is 0.500. The number of likely N-dealkylation sites (N-methyl/N-ethyl adjacent to an activating group) is 1. The van der Waals surface area contributed by atoms with Crippen LogP contribution in [0.3, 0.4) is 0 Å². The maximum absolute atomic E-state index is 12.2. The fourth-order valence-corrected chi connectivity index (χ4v) is 2.60. The summed E-state index contributed by atoms with van der Waals surface area (Å²) in [5, 5.41) is 11.4. The lowest BCUT2D eigenvalue weighted by Crippen LogP contribution is -2.35. The second kappa shape index (κ2) is 9.05. The van der Waals surface area contributed by atoms with Crippen LogP contribution in [0.1, 0.15) is 42.4 Å². The van der Waals surface area contributed by atoms with E-state index in [2.05, 4.69) is 5.32 Å². The van der Waals surface area contributed by atoms with Gasteiger partial charge in [0.2, 0.25) is 11.8 Å². The van der Waals surface area contributed by atoms with Crippen LogP contribution in [0.15, 0.2) is 12.1 Å². The Labute approximate surface area is 142 Å². The van der Waals surface area contributed by atoms with E-state index in [1.807, 2.05) is 32.9 Å². The lowest BCUT2D eigenvalue weighted by atomic mass is 10.1. The molecule has 1 aromatic carbocycles. The van der Waals surface area contributed by atoms with Crippen LogP contribution in [0.2, 0.25) is 0 Å². The molecule has 0 aliphatic heterocycles. The number of rotatable bonds is 8. The molecule has 0 fully saturated rings. The lowest BCUT2D eigenvalue weighted by molar-refractivity contribution is -0.137. The number of carboxylic acids is 1. The third kappa shape index (κ3) is 6.40. The van der Waals surface area contributed by atoms with Crippen LogP contribution in [-0.4, -0.2) is 41.4 Å². The number of nitrogens with zero attached hydrogens (tertiary/aromatic N) is 1. The van der Waals surface area contributed by atoms with E-state index in [-0.39, 0.29) is 31.2 Å². The summed E-state index contributed by atoms with van der Waals surface area (Å²) < 4.78 is 0. The number of carboxylic acid groups (broad SMARTS) is 1. The molecule has 1 rings (SSSR count). The smallest absolute Gasteiger partial charge is 0.303 e. The van der Waals surface area contributed by atoms with Crippen molar-refractivity contribution < 1.29 is 19.5 Å². The Morgan fingerprint density at radius 3 is 2.12 bits per heavy atom. The van der Waals surface area contributed by atoms with E-state index < -0.39 is 5.97 Å². The molecule has 0 spiro atoms. The third-order valence-electron chi connectivity index (χ3n) is 3.78. The van der Waals surface area contributed by atoms with Gasteiger partial charge in [-0.05, 0) is 44.7 Å². The van der Waals surface area contributed by atoms with Gasteiger partial charge in [0.05, 0.1) is 6.54 Å². The average molecular weight is 334 g/mol. The van der Waals surface area contributed by atoms with E-state index >= 15 is 0 Å². The van der Waals surface area contributed by atoms with Crippen molar-refractivity contribution in [2.24, 2.45) is 0 Å². The summed E-state index contributed by atoms with van der Waals surface area (Å²) in [4.78, 5) is 35.9. The Kier molecular flexibility index (Phi) is 7.42. The molecule has 0 saturated carbocycles. The molecule has 0 saturated heterocycles. The maximum atomic E-state index is 12.2. The third-order valence-corrected chi connectivity index (χ3v) is 3.78. The molecule has 0 radical (unpaired) electrons. The minimum atomic E-state index is -0.862. The molecule has 0 aromatic heterocycles. The number of nitrogens with one attached hydrogen (secondary N) is 1. The van der Waals surface area contributed by atoms with Crippen molar-refractivity contribution in [2.75, 3.05) is 18.9 Å². The van der Waals surface area contributed by atoms with E-state index in [9.17, 15) is 14.4 Å². The summed E-state index contributed by atoms with van der Waals surface area (Å²) in [7, 11) is 1.58. The largest absolute Gasteiger partial charge is 0.481 e. The van der Waals surface area contributed by atoms with Crippen LogP contribution >= 0.6 is 0 Å². The highest BCUT2D eigenvalue weighted by atomic mass is 16.4. The molecule has 0 atom stereocenters. The van der Waals surface area contributed by atoms with Crippen molar-refractivity contribution >= 4 is 23.5 Å². The number of hydrogen-bond acceptors (Lipinski definition) is 3. The summed E-state index contributed by atoms with van der Waals surface area (Å²) >= 11 is 0. The molecule has 0 heterocycles. The molecule has 24 heavy (non-hydrogen) atoms. The Bertz CT molecular complexity index is 602. The van der Waals surface area contributed by atoms with Gasteiger partial charge in [-0.2, -0.15) is 0 Å². The van der Waals surface area contributed by atoms with E-state index in [1.54, 1.807) is 7.05 Å². The highest BCUT2D eigenvalue weighted by Crippen LogP contribution is 2.21. The van der Waals surface area contributed by atoms with Crippen molar-refractivity contribution in [2.45, 2.75) is 46.5 Å². The zero-order valence-corrected chi connectivity index (χ0v) is 14.8. The predicted octanol–water partition coefficient (Wildman–Crippen LogP) is 2.65. The van der Waals surface area contributed by atoms with Crippen molar-refractivity contribution in [1.82, 2.24) is 4.90 Å². The summed E-state index contributed by atoms with van der Waals surface area (Å²) in [6.07, 6.45) is 1.28. The molecular weight excluding hydrogens is 308 g/mol. The van der Waals surface area contributed by atoms with Crippen molar-refractivity contribution in [3.8, 4) is 0 Å². The Balaban J connectivity index is 2.49. The predicted molar refractivity (Wildman–Crippen MR) is 93.0 cm³/mol. The molecule has 6 nitrogen and oxygen atoms in total. The van der Waals surface area contributed by atoms with Gasteiger partial charge in [-0.25, -0.2) is 0 Å². The Morgan fingerprint density at radius 2 is 1.58 bits per heavy atom. The van der Waals surface area contributed by atoms with Gasteiger partial charge in [0, 0.05) is 25.6 Å². The number of aliphatic carboxylic acids is 1. The molecular formula is C18H26N2O4. The van der Waals surface area contributed by atoms with E-state index in [0.717, 1.165) is 22.4 Å². The van der Waals surface area contributed by atoms with Gasteiger partial charge in [0.15, 0.2) is 0 Å². The first-order valence-electron chi connectivity index (χ1n) is 8.04. The van der Waals surface area contributed by atoms with Gasteiger partial charge in [-0.15, -0.1) is 0 Å². The molecule has 2 N–H and O–H groups in total. The molecule has 2 amide bonds. The number of unbranched alkanes of at least 4 members (excludes halogenated alkanes) is 1. The second-order valence-corrected chi connectivity index (χ2v) is 6.17. The maximum Gasteiger partial charge on any atom is 0.303 e. The van der Waals surface area contributed by atoms with E-state index in [1.165, 1.54) is 4.90 Å². The molecule has 1 aromatic rings. The van der Waals surface area contributed by atoms with Crippen molar-refractivity contribution in [1.29, 1.82) is 0 Å². The number of carbonyl (C=O) groups is 3. The van der Waals surface area contributed by atoms with Crippen molar-refractivity contribution in [3.05, 3.63) is 28.8 Å². The number of amides is 2. The van der Waals surface area contributed by atoms with Crippen LogP contribution in [-0.2, 0) is 14.4 Å². The van der Waals surface area contributed by atoms with Crippen molar-refractivity contribution in [3.63, 3.8) is 0 Å². The van der Waals surface area contributed by atoms with E-state index in [4.69, 9.17) is 5.11 Å². The first-order valence-corrected chi connectivity index (χ1v) is 8.04. The minimum absolute atomic E-state index is 0.0233. The molecule has 132 valence electrons. The number of anilines is 1. The Morgan fingerprint density at radius 1 is 1.04 bits per heavy atom. The highest BCUT2D eigenvalue weighted by molar-refractivity contribution is 5.95. The summed E-state index contributed by atoms with van der Waals surface area (Å²) in [5.74, 6) is -1.27. The zero-order chi connectivity index (χ0) is 18.3. The quantitative estimate of drug-likeness (QED) is 0.716. The van der Waals surface area contributed by atoms with Crippen LogP contribution in [0.5, 0.6) is 0 Å². The van der Waals surface area contributed by atoms with Crippen LogP contribution < -0.4 is 5.32 Å². The topological polar surface area (TPSA) is 86.7 Å². The number of benzene rings is 1. The summed E-state index contributed by atoms with van der Waals surface area (Å²) in [5.41, 5.74) is 3.90. The van der Waals surface area contributed by atoms with Gasteiger partial charge in [0.25, 0.3) is 0 Å². The monoisotopic (exact) mass is 334 g/mol. The highest BCUT2D eigenvalue weighted by Gasteiger charge is 2.14. The molecule has 0 aliphatic rings. The first-order chi connectivity index (χ1) is 11.2. The summed E-state index contributed by atoms with van der Waals surface area (Å²) in [6.45, 7) is 5.85. The minimum Gasteiger partial charge on any atom is -0.481 e. The van der Waals surface area contributed by atoms with E-state index in [0.29, 0.717) is 12.8 Å². The molecule has 0 bridgehead atoms. The Hall–Kier alpha value is -2.37. The van der Waals surface area contributed by atoms with Crippen LogP contribution in [0.25, 0.3) is 0 Å². The SMILES string of the molecule is Cc1cc(C)c(NC(=O)CN(C)C(=O)CCCCC(=O)O)c(C)c1. The van der Waals surface area contributed by atoms with Gasteiger partial charge in [0.1, 0.15) is 0 Å². The number of aryl methyl sites for hydroxylation is 3. The number of carbonyl (C=O) groups excluding carboxylic acids is 2.